The van der Waals surface area contributed by atoms with Gasteiger partial charge >= 0.3 is 11.8 Å². The Morgan fingerprint density at radius 3 is 2.50 bits per heavy atom. The molecule has 0 spiro atoms. The van der Waals surface area contributed by atoms with Crippen LogP contribution in [0.15, 0.2) is 41.5 Å². The zero-order valence-corrected chi connectivity index (χ0v) is 16.6. The van der Waals surface area contributed by atoms with Gasteiger partial charge in [-0.2, -0.15) is 5.10 Å². The zero-order chi connectivity index (χ0) is 20.7. The Labute approximate surface area is 168 Å². The molecule has 0 aliphatic heterocycles. The van der Waals surface area contributed by atoms with Gasteiger partial charge in [-0.05, 0) is 34.7 Å². The molecule has 0 unspecified atom stereocenters. The van der Waals surface area contributed by atoms with Gasteiger partial charge in [0.2, 0.25) is 0 Å². The number of aromatic hydroxyl groups is 1. The van der Waals surface area contributed by atoms with Crippen LogP contribution >= 0.6 is 11.6 Å². The summed E-state index contributed by atoms with van der Waals surface area (Å²) in [7, 11) is 1.38. The van der Waals surface area contributed by atoms with E-state index >= 15 is 0 Å². The molecule has 0 atom stereocenters. The molecule has 8 heteroatoms. The SMILES string of the molecule is COc1cc(/C=N\NC(=O)C(=O)NCc2ccc(C(C)C)cc2)cc(Cl)c1O. The molecule has 0 aliphatic rings. The summed E-state index contributed by atoms with van der Waals surface area (Å²) in [5, 5.41) is 16.0. The smallest absolute Gasteiger partial charge is 0.329 e. The third-order valence-corrected chi connectivity index (χ3v) is 4.24. The summed E-state index contributed by atoms with van der Waals surface area (Å²) < 4.78 is 4.98. The van der Waals surface area contributed by atoms with Crippen molar-refractivity contribution in [3.05, 3.63) is 58.1 Å². The molecule has 2 amide bonds. The Balaban J connectivity index is 1.88. The number of carbonyl (C=O) groups excluding carboxylic acids is 2. The van der Waals surface area contributed by atoms with E-state index in [1.807, 2.05) is 24.3 Å². The fraction of sp³-hybridized carbons (Fsp3) is 0.250. The molecule has 0 heterocycles. The quantitative estimate of drug-likeness (QED) is 0.392. The van der Waals surface area contributed by atoms with Crippen LogP contribution in [-0.2, 0) is 16.1 Å². The van der Waals surface area contributed by atoms with Crippen molar-refractivity contribution >= 4 is 29.6 Å². The molecular weight excluding hydrogens is 382 g/mol. The summed E-state index contributed by atoms with van der Waals surface area (Å²) >= 11 is 5.87. The standard InChI is InChI=1S/C20H22ClN3O4/c1-12(2)15-6-4-13(5-7-15)10-22-19(26)20(27)24-23-11-14-8-16(21)18(25)17(9-14)28-3/h4-9,11-12,25H,10H2,1-3H3,(H,22,26)(H,24,27)/b23-11-. The Morgan fingerprint density at radius 2 is 1.89 bits per heavy atom. The van der Waals surface area contributed by atoms with Gasteiger partial charge in [0.15, 0.2) is 11.5 Å². The number of hydrogen-bond donors (Lipinski definition) is 3. The summed E-state index contributed by atoms with van der Waals surface area (Å²) in [6, 6.07) is 10.7. The molecule has 0 aromatic heterocycles. The number of hydrazone groups is 1. The summed E-state index contributed by atoms with van der Waals surface area (Å²) in [5.41, 5.74) is 4.70. The van der Waals surface area contributed by atoms with Gasteiger partial charge in [0, 0.05) is 6.54 Å². The second-order valence-corrected chi connectivity index (χ2v) is 6.74. The lowest BCUT2D eigenvalue weighted by molar-refractivity contribution is -0.139. The van der Waals surface area contributed by atoms with Crippen LogP contribution in [-0.4, -0.2) is 30.2 Å². The summed E-state index contributed by atoms with van der Waals surface area (Å²) in [6.45, 7) is 4.44. The van der Waals surface area contributed by atoms with E-state index in [2.05, 4.69) is 29.7 Å². The van der Waals surface area contributed by atoms with E-state index in [-0.39, 0.29) is 23.1 Å². The topological polar surface area (TPSA) is 100 Å². The maximum absolute atomic E-state index is 11.9. The van der Waals surface area contributed by atoms with E-state index in [0.717, 1.165) is 5.56 Å². The highest BCUT2D eigenvalue weighted by atomic mass is 35.5. The van der Waals surface area contributed by atoms with Crippen molar-refractivity contribution in [2.75, 3.05) is 7.11 Å². The Hall–Kier alpha value is -3.06. The van der Waals surface area contributed by atoms with E-state index in [1.54, 1.807) is 0 Å². The number of phenols is 1. The second kappa shape index (κ2) is 9.75. The fourth-order valence-corrected chi connectivity index (χ4v) is 2.54. The molecular formula is C20H22ClN3O4. The van der Waals surface area contributed by atoms with Crippen molar-refractivity contribution in [1.29, 1.82) is 0 Å². The molecule has 2 rings (SSSR count). The van der Waals surface area contributed by atoms with Gasteiger partial charge in [0.25, 0.3) is 0 Å². The number of nitrogens with zero attached hydrogens (tertiary/aromatic N) is 1. The molecule has 0 bridgehead atoms. The first kappa shape index (κ1) is 21.2. The molecule has 2 aromatic rings. The Kier molecular flexibility index (Phi) is 7.40. The van der Waals surface area contributed by atoms with Crippen LogP contribution in [0.1, 0.15) is 36.5 Å². The average Bonchev–Trinajstić information content (AvgIpc) is 2.68. The maximum atomic E-state index is 11.9. The summed E-state index contributed by atoms with van der Waals surface area (Å²) in [4.78, 5) is 23.7. The first-order valence-corrected chi connectivity index (χ1v) is 8.96. The predicted octanol–water partition coefficient (Wildman–Crippen LogP) is 2.94. The molecule has 28 heavy (non-hydrogen) atoms. The van der Waals surface area contributed by atoms with Crippen LogP contribution in [0.5, 0.6) is 11.5 Å². The molecule has 2 aromatic carbocycles. The lowest BCUT2D eigenvalue weighted by atomic mass is 10.0. The number of benzene rings is 2. The van der Waals surface area contributed by atoms with Gasteiger partial charge in [-0.3, -0.25) is 9.59 Å². The van der Waals surface area contributed by atoms with E-state index in [0.29, 0.717) is 11.5 Å². The number of rotatable bonds is 6. The van der Waals surface area contributed by atoms with E-state index in [1.165, 1.54) is 31.0 Å². The molecule has 0 saturated carbocycles. The number of halogens is 1. The minimum Gasteiger partial charge on any atom is -0.503 e. The van der Waals surface area contributed by atoms with Gasteiger partial charge in [-0.25, -0.2) is 5.43 Å². The van der Waals surface area contributed by atoms with Crippen molar-refractivity contribution in [2.24, 2.45) is 5.10 Å². The lowest BCUT2D eigenvalue weighted by Crippen LogP contribution is -2.37. The van der Waals surface area contributed by atoms with Crippen LogP contribution < -0.4 is 15.5 Å². The highest BCUT2D eigenvalue weighted by molar-refractivity contribution is 6.35. The zero-order valence-electron chi connectivity index (χ0n) is 15.8. The number of phenolic OH excluding ortho intramolecular Hbond substituents is 1. The summed E-state index contributed by atoms with van der Waals surface area (Å²) in [5.74, 6) is -1.29. The highest BCUT2D eigenvalue weighted by Crippen LogP contribution is 2.34. The minimum atomic E-state index is -0.896. The monoisotopic (exact) mass is 403 g/mol. The highest BCUT2D eigenvalue weighted by Gasteiger charge is 2.12. The van der Waals surface area contributed by atoms with Crippen molar-refractivity contribution < 1.29 is 19.4 Å². The third kappa shape index (κ3) is 5.72. The van der Waals surface area contributed by atoms with Crippen LogP contribution in [0.25, 0.3) is 0 Å². The van der Waals surface area contributed by atoms with Gasteiger partial charge in [0.1, 0.15) is 0 Å². The molecule has 148 valence electrons. The molecule has 0 fully saturated rings. The predicted molar refractivity (Wildman–Crippen MR) is 108 cm³/mol. The van der Waals surface area contributed by atoms with Crippen LogP contribution in [0.4, 0.5) is 0 Å². The van der Waals surface area contributed by atoms with Crippen molar-refractivity contribution in [2.45, 2.75) is 26.3 Å². The summed E-state index contributed by atoms with van der Waals surface area (Å²) in [6.07, 6.45) is 1.28. The largest absolute Gasteiger partial charge is 0.503 e. The number of carbonyl (C=O) groups is 2. The fourth-order valence-electron chi connectivity index (χ4n) is 2.32. The van der Waals surface area contributed by atoms with Crippen LogP contribution in [0.3, 0.4) is 0 Å². The van der Waals surface area contributed by atoms with Gasteiger partial charge in [-0.15, -0.1) is 0 Å². The van der Waals surface area contributed by atoms with Gasteiger partial charge in [-0.1, -0.05) is 49.7 Å². The van der Waals surface area contributed by atoms with Crippen molar-refractivity contribution in [3.8, 4) is 11.5 Å². The first-order chi connectivity index (χ1) is 13.3. The molecule has 3 N–H and O–H groups in total. The Morgan fingerprint density at radius 1 is 1.21 bits per heavy atom. The van der Waals surface area contributed by atoms with E-state index in [4.69, 9.17) is 16.3 Å². The van der Waals surface area contributed by atoms with Crippen LogP contribution in [0, 0.1) is 0 Å². The normalized spacial score (nSPS) is 10.9. The Bertz CT molecular complexity index is 880. The molecule has 0 aliphatic carbocycles. The second-order valence-electron chi connectivity index (χ2n) is 6.33. The number of hydrogen-bond acceptors (Lipinski definition) is 5. The first-order valence-electron chi connectivity index (χ1n) is 8.58. The van der Waals surface area contributed by atoms with Gasteiger partial charge in [0.05, 0.1) is 18.3 Å². The number of nitrogens with one attached hydrogen (secondary N) is 2. The van der Waals surface area contributed by atoms with Crippen molar-refractivity contribution in [1.82, 2.24) is 10.7 Å². The molecule has 7 nitrogen and oxygen atoms in total. The number of methoxy groups -OCH3 is 1. The van der Waals surface area contributed by atoms with Crippen molar-refractivity contribution in [3.63, 3.8) is 0 Å². The third-order valence-electron chi connectivity index (χ3n) is 3.96. The molecule has 0 saturated heterocycles. The molecule has 0 radical (unpaired) electrons. The van der Waals surface area contributed by atoms with E-state index in [9.17, 15) is 14.7 Å². The average molecular weight is 404 g/mol. The maximum Gasteiger partial charge on any atom is 0.329 e. The van der Waals surface area contributed by atoms with E-state index < -0.39 is 11.8 Å². The lowest BCUT2D eigenvalue weighted by Gasteiger charge is -2.08. The van der Waals surface area contributed by atoms with Gasteiger partial charge < -0.3 is 15.2 Å². The number of ether oxygens (including phenoxy) is 1. The number of amides is 2. The van der Waals surface area contributed by atoms with Crippen LogP contribution in [0.2, 0.25) is 5.02 Å². The minimum absolute atomic E-state index is 0.0772.